The molecule has 22 heavy (non-hydrogen) atoms. The molecule has 5 heteroatoms. The Balaban J connectivity index is 1.38. The fourth-order valence-electron chi connectivity index (χ4n) is 2.40. The number of pyridine rings is 1. The molecule has 0 saturated carbocycles. The molecule has 0 aliphatic carbocycles. The van der Waals surface area contributed by atoms with Crippen LogP contribution in [0.1, 0.15) is 23.4 Å². The lowest BCUT2D eigenvalue weighted by Crippen LogP contribution is -2.25. The molecule has 0 aliphatic rings. The molecular formula is C17H19N3OS. The highest BCUT2D eigenvalue weighted by atomic mass is 32.1. The zero-order chi connectivity index (χ0) is 15.2. The summed E-state index contributed by atoms with van der Waals surface area (Å²) in [7, 11) is 0. The Hall–Kier alpha value is -2.14. The van der Waals surface area contributed by atoms with Crippen LogP contribution in [0.4, 0.5) is 0 Å². The van der Waals surface area contributed by atoms with Crippen molar-refractivity contribution in [2.75, 3.05) is 6.54 Å². The van der Waals surface area contributed by atoms with Gasteiger partial charge in [0.25, 0.3) is 0 Å². The minimum absolute atomic E-state index is 0.125. The SMILES string of the molecule is O=C(CCCc1cccs1)NCCc1cn2ccccc2n1. The number of fused-ring (bicyclic) bond motifs is 1. The first-order valence-electron chi connectivity index (χ1n) is 7.53. The van der Waals surface area contributed by atoms with Crippen LogP contribution in [0.5, 0.6) is 0 Å². The van der Waals surface area contributed by atoms with E-state index in [2.05, 4.69) is 27.8 Å². The molecule has 0 spiro atoms. The van der Waals surface area contributed by atoms with Crippen LogP contribution in [0.3, 0.4) is 0 Å². The number of aryl methyl sites for hydroxylation is 1. The van der Waals surface area contributed by atoms with Gasteiger partial charge in [0, 0.05) is 36.7 Å². The number of hydrogen-bond acceptors (Lipinski definition) is 3. The third-order valence-electron chi connectivity index (χ3n) is 3.52. The average Bonchev–Trinajstić information content (AvgIpc) is 3.15. The Morgan fingerprint density at radius 3 is 3.00 bits per heavy atom. The monoisotopic (exact) mass is 313 g/mol. The predicted octanol–water partition coefficient (Wildman–Crippen LogP) is 3.08. The predicted molar refractivity (Wildman–Crippen MR) is 89.2 cm³/mol. The van der Waals surface area contributed by atoms with Crippen molar-refractivity contribution in [1.82, 2.24) is 14.7 Å². The van der Waals surface area contributed by atoms with Crippen molar-refractivity contribution in [3.05, 3.63) is 58.7 Å². The van der Waals surface area contributed by atoms with E-state index in [4.69, 9.17) is 0 Å². The molecule has 114 valence electrons. The average molecular weight is 313 g/mol. The van der Waals surface area contributed by atoms with E-state index < -0.39 is 0 Å². The third-order valence-corrected chi connectivity index (χ3v) is 4.46. The van der Waals surface area contributed by atoms with E-state index in [1.165, 1.54) is 4.88 Å². The Morgan fingerprint density at radius 2 is 2.18 bits per heavy atom. The van der Waals surface area contributed by atoms with Gasteiger partial charge in [-0.05, 0) is 36.4 Å². The summed E-state index contributed by atoms with van der Waals surface area (Å²) in [5, 5.41) is 5.04. The molecular weight excluding hydrogens is 294 g/mol. The van der Waals surface area contributed by atoms with Crippen LogP contribution >= 0.6 is 11.3 Å². The topological polar surface area (TPSA) is 46.4 Å². The molecule has 0 unspecified atom stereocenters. The Labute approximate surface area is 133 Å². The second-order valence-corrected chi connectivity index (χ2v) is 6.26. The third kappa shape index (κ3) is 3.95. The van der Waals surface area contributed by atoms with Gasteiger partial charge in [-0.25, -0.2) is 4.98 Å². The molecule has 3 aromatic heterocycles. The number of imidazole rings is 1. The summed E-state index contributed by atoms with van der Waals surface area (Å²) in [6, 6.07) is 10.1. The van der Waals surface area contributed by atoms with Gasteiger partial charge in [0.1, 0.15) is 5.65 Å². The molecule has 1 N–H and O–H groups in total. The quantitative estimate of drug-likeness (QED) is 0.728. The number of aromatic nitrogens is 2. The van der Waals surface area contributed by atoms with E-state index in [0.29, 0.717) is 13.0 Å². The summed E-state index contributed by atoms with van der Waals surface area (Å²) in [4.78, 5) is 17.7. The van der Waals surface area contributed by atoms with Crippen LogP contribution in [-0.2, 0) is 17.6 Å². The van der Waals surface area contributed by atoms with Crippen molar-refractivity contribution in [3.63, 3.8) is 0 Å². The highest BCUT2D eigenvalue weighted by molar-refractivity contribution is 7.09. The maximum absolute atomic E-state index is 11.8. The molecule has 0 aromatic carbocycles. The maximum Gasteiger partial charge on any atom is 0.220 e. The van der Waals surface area contributed by atoms with E-state index in [1.54, 1.807) is 11.3 Å². The van der Waals surface area contributed by atoms with Crippen molar-refractivity contribution >= 4 is 22.9 Å². The molecule has 3 rings (SSSR count). The maximum atomic E-state index is 11.8. The fourth-order valence-corrected chi connectivity index (χ4v) is 3.16. The molecule has 0 atom stereocenters. The molecule has 3 heterocycles. The summed E-state index contributed by atoms with van der Waals surface area (Å²) in [5.74, 6) is 0.125. The van der Waals surface area contributed by atoms with Crippen LogP contribution in [0.25, 0.3) is 5.65 Å². The lowest BCUT2D eigenvalue weighted by molar-refractivity contribution is -0.121. The fraction of sp³-hybridized carbons (Fsp3) is 0.294. The smallest absolute Gasteiger partial charge is 0.220 e. The van der Waals surface area contributed by atoms with E-state index in [1.807, 2.05) is 35.0 Å². The van der Waals surface area contributed by atoms with Gasteiger partial charge in [0.05, 0.1) is 5.69 Å². The zero-order valence-corrected chi connectivity index (χ0v) is 13.2. The van der Waals surface area contributed by atoms with E-state index in [0.717, 1.165) is 30.6 Å². The number of thiophene rings is 1. The van der Waals surface area contributed by atoms with Gasteiger partial charge in [-0.1, -0.05) is 12.1 Å². The van der Waals surface area contributed by atoms with Gasteiger partial charge in [-0.3, -0.25) is 4.79 Å². The summed E-state index contributed by atoms with van der Waals surface area (Å²) in [6.07, 6.45) is 7.23. The number of nitrogens with one attached hydrogen (secondary N) is 1. The molecule has 0 saturated heterocycles. The number of rotatable bonds is 7. The van der Waals surface area contributed by atoms with Crippen LogP contribution in [0.2, 0.25) is 0 Å². The Kier molecular flexibility index (Phi) is 4.85. The lowest BCUT2D eigenvalue weighted by Gasteiger charge is -2.03. The van der Waals surface area contributed by atoms with Gasteiger partial charge in [0.15, 0.2) is 0 Å². The van der Waals surface area contributed by atoms with Gasteiger partial charge < -0.3 is 9.72 Å². The van der Waals surface area contributed by atoms with E-state index >= 15 is 0 Å². The molecule has 0 aliphatic heterocycles. The van der Waals surface area contributed by atoms with Gasteiger partial charge >= 0.3 is 0 Å². The Morgan fingerprint density at radius 1 is 1.23 bits per heavy atom. The Bertz CT molecular complexity index is 700. The van der Waals surface area contributed by atoms with Gasteiger partial charge in [-0.15, -0.1) is 11.3 Å². The minimum Gasteiger partial charge on any atom is -0.356 e. The molecule has 4 nitrogen and oxygen atoms in total. The first-order chi connectivity index (χ1) is 10.8. The number of carbonyl (C=O) groups excluding carboxylic acids is 1. The second kappa shape index (κ2) is 7.22. The number of amides is 1. The lowest BCUT2D eigenvalue weighted by atomic mass is 10.2. The number of carbonyl (C=O) groups is 1. The minimum atomic E-state index is 0.125. The largest absolute Gasteiger partial charge is 0.356 e. The van der Waals surface area contributed by atoms with Crippen molar-refractivity contribution in [3.8, 4) is 0 Å². The van der Waals surface area contributed by atoms with Gasteiger partial charge in [0.2, 0.25) is 5.91 Å². The summed E-state index contributed by atoms with van der Waals surface area (Å²) < 4.78 is 2.00. The van der Waals surface area contributed by atoms with Crippen LogP contribution in [-0.4, -0.2) is 21.8 Å². The molecule has 0 fully saturated rings. The zero-order valence-electron chi connectivity index (χ0n) is 12.4. The van der Waals surface area contributed by atoms with Gasteiger partial charge in [-0.2, -0.15) is 0 Å². The van der Waals surface area contributed by atoms with Crippen LogP contribution < -0.4 is 5.32 Å². The van der Waals surface area contributed by atoms with Crippen LogP contribution in [0.15, 0.2) is 48.1 Å². The summed E-state index contributed by atoms with van der Waals surface area (Å²) in [5.41, 5.74) is 1.95. The van der Waals surface area contributed by atoms with Crippen molar-refractivity contribution < 1.29 is 4.79 Å². The second-order valence-electron chi connectivity index (χ2n) is 5.23. The number of hydrogen-bond donors (Lipinski definition) is 1. The standard InChI is InChI=1S/C17H19N3OS/c21-17(8-3-5-15-6-4-12-22-15)18-10-9-14-13-20-11-2-1-7-16(20)19-14/h1-2,4,6-7,11-13H,3,5,8-10H2,(H,18,21). The molecule has 0 bridgehead atoms. The summed E-state index contributed by atoms with van der Waals surface area (Å²) >= 11 is 1.75. The highest BCUT2D eigenvalue weighted by Gasteiger charge is 2.04. The van der Waals surface area contributed by atoms with Crippen molar-refractivity contribution in [2.45, 2.75) is 25.7 Å². The van der Waals surface area contributed by atoms with Crippen molar-refractivity contribution in [1.29, 1.82) is 0 Å². The molecule has 0 radical (unpaired) electrons. The van der Waals surface area contributed by atoms with E-state index in [9.17, 15) is 4.79 Å². The van der Waals surface area contributed by atoms with Crippen molar-refractivity contribution in [2.24, 2.45) is 0 Å². The van der Waals surface area contributed by atoms with E-state index in [-0.39, 0.29) is 5.91 Å². The molecule has 1 amide bonds. The first kappa shape index (κ1) is 14.8. The molecule has 3 aromatic rings. The number of nitrogens with zero attached hydrogens (tertiary/aromatic N) is 2. The normalized spacial score (nSPS) is 10.9. The van der Waals surface area contributed by atoms with Crippen LogP contribution in [0, 0.1) is 0 Å². The highest BCUT2D eigenvalue weighted by Crippen LogP contribution is 2.11. The first-order valence-corrected chi connectivity index (χ1v) is 8.41. The summed E-state index contributed by atoms with van der Waals surface area (Å²) in [6.45, 7) is 0.641.